The maximum Gasteiger partial charge on any atom is 0.303 e. The van der Waals surface area contributed by atoms with Gasteiger partial charge in [-0.2, -0.15) is 0 Å². The van der Waals surface area contributed by atoms with Crippen molar-refractivity contribution in [3.63, 3.8) is 0 Å². The number of benzene rings is 1. The Balaban J connectivity index is 2.51. The lowest BCUT2D eigenvalue weighted by Gasteiger charge is -2.44. The van der Waals surface area contributed by atoms with E-state index in [4.69, 9.17) is 23.7 Å². The Bertz CT molecular complexity index is 954. The Morgan fingerprint density at radius 1 is 0.971 bits per heavy atom. The summed E-state index contributed by atoms with van der Waals surface area (Å²) in [5.41, 5.74) is 0.194. The van der Waals surface area contributed by atoms with E-state index in [0.29, 0.717) is 11.3 Å². The van der Waals surface area contributed by atoms with Crippen LogP contribution in [0.4, 0.5) is 0 Å². The minimum Gasteiger partial charge on any atom is -0.508 e. The predicted molar refractivity (Wildman–Crippen MR) is 121 cm³/mol. The van der Waals surface area contributed by atoms with Crippen LogP contribution in [0.15, 0.2) is 18.2 Å². The fourth-order valence-electron chi connectivity index (χ4n) is 3.71. The first-order valence-electron chi connectivity index (χ1n) is 11.1. The molecule has 1 aliphatic rings. The first kappa shape index (κ1) is 27.9. The van der Waals surface area contributed by atoms with Gasteiger partial charge in [0.15, 0.2) is 12.2 Å². The number of hydrogen-bond acceptors (Lipinski definition) is 10. The van der Waals surface area contributed by atoms with Gasteiger partial charge in [0.1, 0.15) is 30.3 Å². The van der Waals surface area contributed by atoms with Crippen molar-refractivity contribution in [3.05, 3.63) is 23.8 Å². The number of aromatic hydroxyl groups is 1. The summed E-state index contributed by atoms with van der Waals surface area (Å²) in [4.78, 5) is 47.2. The van der Waals surface area contributed by atoms with Crippen molar-refractivity contribution in [2.45, 2.75) is 84.5 Å². The van der Waals surface area contributed by atoms with Crippen LogP contribution in [-0.2, 0) is 43.5 Å². The summed E-state index contributed by atoms with van der Waals surface area (Å²) in [5.74, 6) is -2.11. The van der Waals surface area contributed by atoms with Gasteiger partial charge in [0, 0.05) is 33.3 Å². The Morgan fingerprint density at radius 2 is 1.57 bits per heavy atom. The number of carbonyl (C=O) groups excluding carboxylic acids is 4. The van der Waals surface area contributed by atoms with Gasteiger partial charge in [-0.25, -0.2) is 0 Å². The molecule has 1 aliphatic heterocycles. The number of nitrogens with one attached hydrogen (secondary N) is 1. The van der Waals surface area contributed by atoms with Crippen molar-refractivity contribution in [2.75, 3.05) is 6.61 Å². The van der Waals surface area contributed by atoms with Gasteiger partial charge in [-0.1, -0.05) is 20.8 Å². The molecule has 1 aromatic carbocycles. The lowest BCUT2D eigenvalue weighted by molar-refractivity contribution is -0.257. The lowest BCUT2D eigenvalue weighted by atomic mass is 9.86. The van der Waals surface area contributed by atoms with Crippen LogP contribution in [0.1, 0.15) is 54.0 Å². The van der Waals surface area contributed by atoms with E-state index in [1.165, 1.54) is 26.0 Å². The van der Waals surface area contributed by atoms with E-state index in [9.17, 15) is 24.3 Å². The summed E-state index contributed by atoms with van der Waals surface area (Å²) >= 11 is 0. The molecule has 1 saturated heterocycles. The van der Waals surface area contributed by atoms with Crippen molar-refractivity contribution < 1.29 is 48.0 Å². The van der Waals surface area contributed by atoms with Gasteiger partial charge >= 0.3 is 17.9 Å². The highest BCUT2D eigenvalue weighted by molar-refractivity contribution is 5.73. The molecule has 0 radical (unpaired) electrons. The van der Waals surface area contributed by atoms with Gasteiger partial charge in [-0.05, 0) is 23.6 Å². The second-order valence-electron chi connectivity index (χ2n) is 9.27. The van der Waals surface area contributed by atoms with E-state index in [-0.39, 0.29) is 12.4 Å². The maximum atomic E-state index is 12.0. The van der Waals surface area contributed by atoms with E-state index in [1.807, 2.05) is 20.8 Å². The third kappa shape index (κ3) is 7.84. The smallest absolute Gasteiger partial charge is 0.303 e. The van der Waals surface area contributed by atoms with Crippen LogP contribution < -0.4 is 10.1 Å². The van der Waals surface area contributed by atoms with Crippen molar-refractivity contribution >= 4 is 23.8 Å². The number of phenols is 1. The summed E-state index contributed by atoms with van der Waals surface area (Å²) in [6, 6.07) is 3.51. The minimum absolute atomic E-state index is 0.0771. The molecule has 1 heterocycles. The zero-order valence-electron chi connectivity index (χ0n) is 20.9. The highest BCUT2D eigenvalue weighted by Crippen LogP contribution is 2.35. The van der Waals surface area contributed by atoms with E-state index >= 15 is 0 Å². The average molecular weight is 496 g/mol. The van der Waals surface area contributed by atoms with E-state index in [2.05, 4.69) is 5.32 Å². The average Bonchev–Trinajstić information content (AvgIpc) is 2.70. The Kier molecular flexibility index (Phi) is 9.08. The molecule has 0 saturated carbocycles. The molecule has 1 aromatic rings. The number of ether oxygens (including phenoxy) is 5. The molecule has 35 heavy (non-hydrogen) atoms. The van der Waals surface area contributed by atoms with Crippen LogP contribution in [0.3, 0.4) is 0 Å². The van der Waals surface area contributed by atoms with Gasteiger partial charge in [0.25, 0.3) is 0 Å². The number of amides is 1. The Morgan fingerprint density at radius 3 is 2.09 bits per heavy atom. The Labute approximate surface area is 204 Å². The topological polar surface area (TPSA) is 147 Å². The van der Waals surface area contributed by atoms with E-state index in [0.717, 1.165) is 13.8 Å². The third-order valence-corrected chi connectivity index (χ3v) is 5.10. The molecule has 0 aromatic heterocycles. The van der Waals surface area contributed by atoms with Crippen molar-refractivity contribution in [1.82, 2.24) is 5.32 Å². The summed E-state index contributed by atoms with van der Waals surface area (Å²) in [5, 5.41) is 12.9. The molecule has 2 N–H and O–H groups in total. The highest BCUT2D eigenvalue weighted by atomic mass is 16.7. The summed E-state index contributed by atoms with van der Waals surface area (Å²) in [6.07, 6.45) is -4.76. The zero-order chi connectivity index (χ0) is 26.5. The molecule has 11 heteroatoms. The number of phenolic OH excluding ortho intramolecular Hbond substituents is 1. The standard InChI is InChI=1S/C24H33NO10/c1-12(26)25-20-22(33-15(4)29)21(32-14(3)28)19(11-31-13(2)27)35-23(20)34-16-8-9-18(30)17(10-16)24(5,6)7/h8-10,19-23,30H,11H2,1-7H3,(H,25,26)/t19-,20+,21+,22+,23-/m0/s1. The van der Waals surface area contributed by atoms with Gasteiger partial charge in [-0.3, -0.25) is 19.2 Å². The highest BCUT2D eigenvalue weighted by Gasteiger charge is 2.52. The fourth-order valence-corrected chi connectivity index (χ4v) is 3.71. The first-order valence-corrected chi connectivity index (χ1v) is 11.1. The van der Waals surface area contributed by atoms with Crippen LogP contribution >= 0.6 is 0 Å². The number of esters is 3. The molecule has 0 unspecified atom stereocenters. The Hall–Kier alpha value is -3.34. The van der Waals surface area contributed by atoms with Crippen molar-refractivity contribution in [1.29, 1.82) is 0 Å². The molecular weight excluding hydrogens is 462 g/mol. The van der Waals surface area contributed by atoms with Crippen LogP contribution in [0, 0.1) is 0 Å². The number of rotatable bonds is 7. The molecule has 1 fully saturated rings. The largest absolute Gasteiger partial charge is 0.508 e. The zero-order valence-corrected chi connectivity index (χ0v) is 20.9. The van der Waals surface area contributed by atoms with Crippen LogP contribution in [0.5, 0.6) is 11.5 Å². The predicted octanol–water partition coefficient (Wildman–Crippen LogP) is 1.72. The molecular formula is C24H33NO10. The molecule has 0 aliphatic carbocycles. The molecule has 1 amide bonds. The second kappa shape index (κ2) is 11.4. The SMILES string of the molecule is CC(=O)N[C@H]1[C@@H](Oc2ccc(O)c(C(C)(C)C)c2)O[C@@H](COC(C)=O)[C@@H](OC(C)=O)[C@@H]1OC(C)=O. The van der Waals surface area contributed by atoms with Gasteiger partial charge in [-0.15, -0.1) is 0 Å². The fraction of sp³-hybridized carbons (Fsp3) is 0.583. The van der Waals surface area contributed by atoms with Gasteiger partial charge < -0.3 is 34.1 Å². The summed E-state index contributed by atoms with van der Waals surface area (Å²) < 4.78 is 27.9. The minimum atomic E-state index is -1.24. The maximum absolute atomic E-state index is 12.0. The van der Waals surface area contributed by atoms with Crippen LogP contribution in [0.2, 0.25) is 0 Å². The molecule has 0 bridgehead atoms. The molecule has 11 nitrogen and oxygen atoms in total. The number of hydrogen-bond donors (Lipinski definition) is 2. The number of carbonyl (C=O) groups is 4. The molecule has 5 atom stereocenters. The van der Waals surface area contributed by atoms with E-state index < -0.39 is 59.9 Å². The normalized spacial score (nSPS) is 24.1. The van der Waals surface area contributed by atoms with Crippen molar-refractivity contribution in [3.8, 4) is 11.5 Å². The quantitative estimate of drug-likeness (QED) is 0.423. The monoisotopic (exact) mass is 495 g/mol. The first-order chi connectivity index (χ1) is 16.2. The van der Waals surface area contributed by atoms with E-state index in [1.54, 1.807) is 6.07 Å². The van der Waals surface area contributed by atoms with Crippen LogP contribution in [-0.4, -0.2) is 66.2 Å². The molecule has 2 rings (SSSR count). The van der Waals surface area contributed by atoms with Crippen molar-refractivity contribution in [2.24, 2.45) is 0 Å². The summed E-state index contributed by atoms with van der Waals surface area (Å²) in [7, 11) is 0. The third-order valence-electron chi connectivity index (χ3n) is 5.10. The molecule has 0 spiro atoms. The van der Waals surface area contributed by atoms with Gasteiger partial charge in [0.2, 0.25) is 12.2 Å². The summed E-state index contributed by atoms with van der Waals surface area (Å²) in [6.45, 7) is 10.2. The molecule has 194 valence electrons. The second-order valence-corrected chi connectivity index (χ2v) is 9.27. The van der Waals surface area contributed by atoms with Gasteiger partial charge in [0.05, 0.1) is 0 Å². The lowest BCUT2D eigenvalue weighted by Crippen LogP contribution is -2.67. The van der Waals surface area contributed by atoms with Crippen LogP contribution in [0.25, 0.3) is 0 Å².